The first-order valence-corrected chi connectivity index (χ1v) is 4.73. The van der Waals surface area contributed by atoms with Gasteiger partial charge in [-0.15, -0.1) is 0 Å². The molecule has 0 heterocycles. The molecule has 0 spiro atoms. The number of hydrogen-bond donors (Lipinski definition) is 2. The Balaban J connectivity index is 4.21. The molecule has 0 aromatic carbocycles. The van der Waals surface area contributed by atoms with Gasteiger partial charge in [0.05, 0.1) is 0 Å². The number of ketones is 3. The SMILES string of the molecule is CC(=O)C(=O)CC(CO)CC(=O)C(C)O. The average molecular weight is 216 g/mol. The van der Waals surface area contributed by atoms with Crippen LogP contribution in [-0.4, -0.2) is 40.3 Å². The van der Waals surface area contributed by atoms with Crippen LogP contribution in [0.2, 0.25) is 0 Å². The largest absolute Gasteiger partial charge is 0.396 e. The fourth-order valence-corrected chi connectivity index (χ4v) is 1.06. The highest BCUT2D eigenvalue weighted by molar-refractivity contribution is 6.36. The minimum Gasteiger partial charge on any atom is -0.396 e. The number of hydrogen-bond acceptors (Lipinski definition) is 5. The highest BCUT2D eigenvalue weighted by Gasteiger charge is 2.21. The Morgan fingerprint density at radius 1 is 1.20 bits per heavy atom. The molecule has 0 aromatic rings. The van der Waals surface area contributed by atoms with E-state index in [9.17, 15) is 14.4 Å². The van der Waals surface area contributed by atoms with Crippen molar-refractivity contribution in [3.63, 3.8) is 0 Å². The smallest absolute Gasteiger partial charge is 0.198 e. The number of carbonyl (C=O) groups excluding carboxylic acids is 3. The summed E-state index contributed by atoms with van der Waals surface area (Å²) in [5, 5.41) is 17.8. The second-order valence-electron chi connectivity index (χ2n) is 3.58. The quantitative estimate of drug-likeness (QED) is 0.559. The predicted molar refractivity (Wildman–Crippen MR) is 52.2 cm³/mol. The van der Waals surface area contributed by atoms with Gasteiger partial charge in [-0.2, -0.15) is 0 Å². The van der Waals surface area contributed by atoms with Crippen LogP contribution in [0.15, 0.2) is 0 Å². The van der Waals surface area contributed by atoms with Gasteiger partial charge in [-0.05, 0) is 12.8 Å². The highest BCUT2D eigenvalue weighted by Crippen LogP contribution is 2.10. The number of aliphatic hydroxyl groups excluding tert-OH is 2. The molecule has 0 radical (unpaired) electrons. The number of rotatable bonds is 7. The van der Waals surface area contributed by atoms with Gasteiger partial charge >= 0.3 is 0 Å². The lowest BCUT2D eigenvalue weighted by atomic mass is 9.94. The molecule has 0 amide bonds. The van der Waals surface area contributed by atoms with Crippen LogP contribution in [0.25, 0.3) is 0 Å². The van der Waals surface area contributed by atoms with Crippen molar-refractivity contribution < 1.29 is 24.6 Å². The van der Waals surface area contributed by atoms with Crippen molar-refractivity contribution in [2.24, 2.45) is 5.92 Å². The summed E-state index contributed by atoms with van der Waals surface area (Å²) >= 11 is 0. The average Bonchev–Trinajstić information content (AvgIpc) is 2.15. The van der Waals surface area contributed by atoms with E-state index >= 15 is 0 Å². The van der Waals surface area contributed by atoms with Gasteiger partial charge in [0.15, 0.2) is 17.3 Å². The number of aliphatic hydroxyl groups is 2. The molecule has 2 atom stereocenters. The van der Waals surface area contributed by atoms with E-state index in [1.54, 1.807) is 0 Å². The Kier molecular flexibility index (Phi) is 5.96. The molecule has 15 heavy (non-hydrogen) atoms. The van der Waals surface area contributed by atoms with Crippen molar-refractivity contribution in [3.05, 3.63) is 0 Å². The van der Waals surface area contributed by atoms with Crippen LogP contribution in [0.3, 0.4) is 0 Å². The molecule has 0 saturated carbocycles. The molecule has 0 aliphatic carbocycles. The zero-order valence-corrected chi connectivity index (χ0v) is 8.90. The molecule has 0 aliphatic heterocycles. The van der Waals surface area contributed by atoms with Crippen LogP contribution in [0, 0.1) is 5.92 Å². The summed E-state index contributed by atoms with van der Waals surface area (Å²) in [5.74, 6) is -2.21. The van der Waals surface area contributed by atoms with E-state index in [2.05, 4.69) is 0 Å². The first-order chi connectivity index (χ1) is 6.88. The van der Waals surface area contributed by atoms with Crippen molar-refractivity contribution in [1.82, 2.24) is 0 Å². The molecule has 5 nitrogen and oxygen atoms in total. The van der Waals surface area contributed by atoms with Gasteiger partial charge in [0.1, 0.15) is 6.10 Å². The summed E-state index contributed by atoms with van der Waals surface area (Å²) in [4.78, 5) is 32.8. The van der Waals surface area contributed by atoms with Gasteiger partial charge in [-0.3, -0.25) is 14.4 Å². The maximum absolute atomic E-state index is 11.1. The molecule has 86 valence electrons. The summed E-state index contributed by atoms with van der Waals surface area (Å²) in [5.41, 5.74) is 0. The van der Waals surface area contributed by atoms with Crippen molar-refractivity contribution in [2.45, 2.75) is 32.8 Å². The first-order valence-electron chi connectivity index (χ1n) is 4.73. The van der Waals surface area contributed by atoms with E-state index in [-0.39, 0.29) is 19.4 Å². The normalized spacial score (nSPS) is 14.4. The lowest BCUT2D eigenvalue weighted by Crippen LogP contribution is -2.24. The minimum absolute atomic E-state index is 0.0901. The van der Waals surface area contributed by atoms with Crippen LogP contribution in [-0.2, 0) is 14.4 Å². The molecular formula is C10H16O5. The third kappa shape index (κ3) is 5.39. The fourth-order valence-electron chi connectivity index (χ4n) is 1.06. The first kappa shape index (κ1) is 13.9. The molecule has 0 fully saturated rings. The Bertz CT molecular complexity index is 257. The van der Waals surface area contributed by atoms with E-state index in [0.717, 1.165) is 6.92 Å². The monoisotopic (exact) mass is 216 g/mol. The Labute approximate surface area is 88.1 Å². The summed E-state index contributed by atoms with van der Waals surface area (Å²) in [6.45, 7) is 2.12. The standard InChI is InChI=1S/C10H16O5/c1-6(12)9(14)3-8(5-11)4-10(15)7(2)13/h6,8,11-12H,3-5H2,1-2H3. The lowest BCUT2D eigenvalue weighted by Gasteiger charge is -2.12. The van der Waals surface area contributed by atoms with Crippen LogP contribution >= 0.6 is 0 Å². The van der Waals surface area contributed by atoms with Crippen LogP contribution < -0.4 is 0 Å². The fraction of sp³-hybridized carbons (Fsp3) is 0.700. The van der Waals surface area contributed by atoms with E-state index in [1.807, 2.05) is 0 Å². The molecule has 0 aliphatic rings. The van der Waals surface area contributed by atoms with Gasteiger partial charge in [0.2, 0.25) is 0 Å². The zero-order chi connectivity index (χ0) is 12.0. The Morgan fingerprint density at radius 3 is 2.07 bits per heavy atom. The molecule has 0 bridgehead atoms. The molecule has 0 saturated heterocycles. The van der Waals surface area contributed by atoms with Gasteiger partial charge in [-0.25, -0.2) is 0 Å². The van der Waals surface area contributed by atoms with Crippen molar-refractivity contribution in [1.29, 1.82) is 0 Å². The van der Waals surface area contributed by atoms with Crippen LogP contribution in [0.4, 0.5) is 0 Å². The Hall–Kier alpha value is -1.07. The van der Waals surface area contributed by atoms with Crippen molar-refractivity contribution in [3.8, 4) is 0 Å². The van der Waals surface area contributed by atoms with E-state index in [0.29, 0.717) is 0 Å². The van der Waals surface area contributed by atoms with Crippen molar-refractivity contribution >= 4 is 17.3 Å². The van der Waals surface area contributed by atoms with Crippen molar-refractivity contribution in [2.75, 3.05) is 6.61 Å². The van der Waals surface area contributed by atoms with Gasteiger partial charge in [0.25, 0.3) is 0 Å². The number of carbonyl (C=O) groups is 3. The molecule has 0 rings (SSSR count). The van der Waals surface area contributed by atoms with Crippen LogP contribution in [0.5, 0.6) is 0 Å². The van der Waals surface area contributed by atoms with Crippen LogP contribution in [0.1, 0.15) is 26.7 Å². The van der Waals surface area contributed by atoms with E-state index < -0.39 is 29.4 Å². The summed E-state index contributed by atoms with van der Waals surface area (Å²) in [7, 11) is 0. The molecule has 0 aromatic heterocycles. The molecule has 2 unspecified atom stereocenters. The Morgan fingerprint density at radius 2 is 1.73 bits per heavy atom. The van der Waals surface area contributed by atoms with Gasteiger partial charge in [-0.1, -0.05) is 0 Å². The maximum Gasteiger partial charge on any atom is 0.198 e. The second-order valence-corrected chi connectivity index (χ2v) is 3.58. The topological polar surface area (TPSA) is 91.7 Å². The summed E-state index contributed by atoms with van der Waals surface area (Å²) in [6, 6.07) is 0. The maximum atomic E-state index is 11.1. The molecule has 5 heteroatoms. The molecule has 2 N–H and O–H groups in total. The minimum atomic E-state index is -1.11. The lowest BCUT2D eigenvalue weighted by molar-refractivity contribution is -0.136. The number of Topliss-reactive ketones (excluding diaryl/α,β-unsaturated/α-hetero) is 3. The predicted octanol–water partition coefficient (Wildman–Crippen LogP) is -0.517. The summed E-state index contributed by atoms with van der Waals surface area (Å²) < 4.78 is 0. The third-order valence-electron chi connectivity index (χ3n) is 2.08. The third-order valence-corrected chi connectivity index (χ3v) is 2.08. The van der Waals surface area contributed by atoms with E-state index in [4.69, 9.17) is 10.2 Å². The highest BCUT2D eigenvalue weighted by atomic mass is 16.3. The second kappa shape index (κ2) is 6.42. The molecular weight excluding hydrogens is 200 g/mol. The van der Waals surface area contributed by atoms with Gasteiger partial charge < -0.3 is 10.2 Å². The van der Waals surface area contributed by atoms with Gasteiger partial charge in [0, 0.05) is 26.4 Å². The summed E-state index contributed by atoms with van der Waals surface area (Å²) in [6.07, 6.45) is -1.34. The zero-order valence-electron chi connectivity index (χ0n) is 8.90. The van der Waals surface area contributed by atoms with E-state index in [1.165, 1.54) is 6.92 Å².